The number of nitrogens with zero attached hydrogens (tertiary/aromatic N) is 1. The molecule has 1 aliphatic heterocycles. The molecule has 0 bridgehead atoms. The predicted octanol–water partition coefficient (Wildman–Crippen LogP) is 0.750. The van der Waals surface area contributed by atoms with Gasteiger partial charge in [0.2, 0.25) is 5.91 Å². The standard InChI is InChI=1S/C6H9NO.Ru/c1-2-7-5-3-4-6(7)8;/h2H,1,3-5H2;. The summed E-state index contributed by atoms with van der Waals surface area (Å²) >= 11 is 0. The van der Waals surface area contributed by atoms with Gasteiger partial charge in [-0.2, -0.15) is 0 Å². The minimum Gasteiger partial charge on any atom is -0.320 e. The van der Waals surface area contributed by atoms with E-state index in [1.165, 1.54) is 0 Å². The zero-order valence-corrected chi connectivity index (χ0v) is 6.85. The number of hydrogen-bond donors (Lipinski definition) is 0. The van der Waals surface area contributed by atoms with E-state index < -0.39 is 0 Å². The van der Waals surface area contributed by atoms with Crippen LogP contribution in [0.5, 0.6) is 0 Å². The van der Waals surface area contributed by atoms with Crippen LogP contribution < -0.4 is 0 Å². The Morgan fingerprint density at radius 1 is 1.67 bits per heavy atom. The topological polar surface area (TPSA) is 20.3 Å². The molecule has 0 aromatic carbocycles. The second-order valence-electron chi connectivity index (χ2n) is 1.87. The monoisotopic (exact) mass is 213 g/mol. The van der Waals surface area contributed by atoms with Gasteiger partial charge in [0.15, 0.2) is 0 Å². The smallest absolute Gasteiger partial charge is 0.226 e. The Kier molecular flexibility index (Phi) is 3.71. The Hall–Kier alpha value is -0.167. The summed E-state index contributed by atoms with van der Waals surface area (Å²) in [6.45, 7) is 4.36. The van der Waals surface area contributed by atoms with Crippen LogP contribution in [0.3, 0.4) is 0 Å². The maximum absolute atomic E-state index is 10.7. The molecule has 3 heteroatoms. The molecule has 0 aromatic rings. The Morgan fingerprint density at radius 2 is 2.33 bits per heavy atom. The number of carbonyl (C=O) groups is 1. The van der Waals surface area contributed by atoms with Gasteiger partial charge < -0.3 is 4.90 Å². The Bertz CT molecular complexity index is 124. The van der Waals surface area contributed by atoms with E-state index in [0.29, 0.717) is 6.42 Å². The van der Waals surface area contributed by atoms with Gasteiger partial charge in [0.25, 0.3) is 0 Å². The molecule has 0 atom stereocenters. The molecule has 1 amide bonds. The molecule has 2 nitrogen and oxygen atoms in total. The van der Waals surface area contributed by atoms with Gasteiger partial charge in [-0.25, -0.2) is 0 Å². The molecule has 9 heavy (non-hydrogen) atoms. The third-order valence-corrected chi connectivity index (χ3v) is 1.33. The van der Waals surface area contributed by atoms with Crippen molar-refractivity contribution < 1.29 is 24.3 Å². The van der Waals surface area contributed by atoms with E-state index in [2.05, 4.69) is 6.58 Å². The van der Waals surface area contributed by atoms with Crippen LogP contribution in [0.4, 0.5) is 0 Å². The molecule has 0 spiro atoms. The van der Waals surface area contributed by atoms with Gasteiger partial charge in [0.05, 0.1) is 0 Å². The molecule has 1 aliphatic rings. The van der Waals surface area contributed by atoms with E-state index in [1.807, 2.05) is 0 Å². The first-order valence-electron chi connectivity index (χ1n) is 2.76. The quantitative estimate of drug-likeness (QED) is 0.587. The molecule has 1 fully saturated rings. The summed E-state index contributed by atoms with van der Waals surface area (Å²) in [5.41, 5.74) is 0. The van der Waals surface area contributed by atoms with Crippen molar-refractivity contribution in [2.75, 3.05) is 6.54 Å². The van der Waals surface area contributed by atoms with Crippen LogP contribution in [0.2, 0.25) is 0 Å². The van der Waals surface area contributed by atoms with E-state index in [4.69, 9.17) is 0 Å². The first-order chi connectivity index (χ1) is 3.84. The zero-order chi connectivity index (χ0) is 5.98. The number of amides is 1. The molecule has 52 valence electrons. The second-order valence-corrected chi connectivity index (χ2v) is 1.87. The second kappa shape index (κ2) is 3.78. The summed E-state index contributed by atoms with van der Waals surface area (Å²) < 4.78 is 0. The fraction of sp³-hybridized carbons (Fsp3) is 0.500. The van der Waals surface area contributed by atoms with Crippen molar-refractivity contribution in [3.8, 4) is 0 Å². The van der Waals surface area contributed by atoms with Crippen LogP contribution in [0, 0.1) is 0 Å². The number of rotatable bonds is 1. The van der Waals surface area contributed by atoms with E-state index in [-0.39, 0.29) is 25.4 Å². The van der Waals surface area contributed by atoms with Crippen molar-refractivity contribution in [3.05, 3.63) is 12.8 Å². The third-order valence-electron chi connectivity index (χ3n) is 1.33. The van der Waals surface area contributed by atoms with E-state index in [0.717, 1.165) is 13.0 Å². The Morgan fingerprint density at radius 3 is 2.56 bits per heavy atom. The number of carbonyl (C=O) groups excluding carboxylic acids is 1. The van der Waals surface area contributed by atoms with Gasteiger partial charge in [-0.05, 0) is 12.6 Å². The molecule has 0 radical (unpaired) electrons. The summed E-state index contributed by atoms with van der Waals surface area (Å²) in [4.78, 5) is 12.3. The van der Waals surface area contributed by atoms with Crippen LogP contribution in [-0.4, -0.2) is 17.4 Å². The number of likely N-dealkylation sites (tertiary alicyclic amines) is 1. The zero-order valence-electron chi connectivity index (χ0n) is 5.11. The fourth-order valence-corrected chi connectivity index (χ4v) is 0.862. The van der Waals surface area contributed by atoms with Crippen molar-refractivity contribution in [2.45, 2.75) is 12.8 Å². The van der Waals surface area contributed by atoms with Gasteiger partial charge in [0, 0.05) is 32.4 Å². The molecule has 0 unspecified atom stereocenters. The average molecular weight is 212 g/mol. The molecule has 1 saturated heterocycles. The van der Waals surface area contributed by atoms with Crippen LogP contribution in [0.1, 0.15) is 12.8 Å². The molecule has 1 heterocycles. The van der Waals surface area contributed by atoms with Crippen molar-refractivity contribution >= 4 is 5.91 Å². The van der Waals surface area contributed by atoms with Crippen LogP contribution in [0.25, 0.3) is 0 Å². The summed E-state index contributed by atoms with van der Waals surface area (Å²) in [6.07, 6.45) is 3.28. The maximum atomic E-state index is 10.7. The maximum Gasteiger partial charge on any atom is 0.226 e. The van der Waals surface area contributed by atoms with Crippen molar-refractivity contribution in [2.24, 2.45) is 0 Å². The van der Waals surface area contributed by atoms with Crippen LogP contribution in [-0.2, 0) is 24.3 Å². The van der Waals surface area contributed by atoms with Gasteiger partial charge >= 0.3 is 0 Å². The first kappa shape index (κ1) is 8.83. The Labute approximate surface area is 67.7 Å². The molecule has 0 saturated carbocycles. The van der Waals surface area contributed by atoms with Crippen LogP contribution in [0.15, 0.2) is 12.8 Å². The average Bonchev–Trinajstić information content (AvgIpc) is 2.14. The molecule has 0 aromatic heterocycles. The van der Waals surface area contributed by atoms with Gasteiger partial charge in [-0.3, -0.25) is 4.79 Å². The summed E-state index contributed by atoms with van der Waals surface area (Å²) in [5, 5.41) is 0. The summed E-state index contributed by atoms with van der Waals surface area (Å²) in [7, 11) is 0. The van der Waals surface area contributed by atoms with E-state index in [9.17, 15) is 4.79 Å². The largest absolute Gasteiger partial charge is 0.320 e. The predicted molar refractivity (Wildman–Crippen MR) is 31.1 cm³/mol. The van der Waals surface area contributed by atoms with Crippen molar-refractivity contribution in [1.82, 2.24) is 4.90 Å². The van der Waals surface area contributed by atoms with E-state index >= 15 is 0 Å². The third kappa shape index (κ3) is 1.90. The molecule has 1 rings (SSSR count). The van der Waals surface area contributed by atoms with Gasteiger partial charge in [0.1, 0.15) is 0 Å². The van der Waals surface area contributed by atoms with E-state index in [1.54, 1.807) is 11.1 Å². The van der Waals surface area contributed by atoms with Gasteiger partial charge in [-0.1, -0.05) is 6.58 Å². The summed E-state index contributed by atoms with van der Waals surface area (Å²) in [5.74, 6) is 0.208. The minimum atomic E-state index is 0. The van der Waals surface area contributed by atoms with Crippen molar-refractivity contribution in [1.29, 1.82) is 0 Å². The summed E-state index contributed by atoms with van der Waals surface area (Å²) in [6, 6.07) is 0. The molecule has 0 N–H and O–H groups in total. The van der Waals surface area contributed by atoms with Gasteiger partial charge in [-0.15, -0.1) is 0 Å². The Balaban J connectivity index is 0.000000640. The van der Waals surface area contributed by atoms with Crippen LogP contribution >= 0.6 is 0 Å². The molecule has 0 aliphatic carbocycles. The fourth-order valence-electron chi connectivity index (χ4n) is 0.862. The van der Waals surface area contributed by atoms with Crippen molar-refractivity contribution in [3.63, 3.8) is 0 Å². The number of hydrogen-bond acceptors (Lipinski definition) is 1. The minimum absolute atomic E-state index is 0. The normalized spacial score (nSPS) is 17.3. The first-order valence-corrected chi connectivity index (χ1v) is 2.76. The molecular formula is C6H9NORu. The SMILES string of the molecule is C=CN1CCCC1=O.[Ru]. The molecular weight excluding hydrogens is 203 g/mol.